The second kappa shape index (κ2) is 12.1. The Balaban J connectivity index is 1.33. The number of hydrogen-bond donors (Lipinski definition) is 1. The average Bonchev–Trinajstić information content (AvgIpc) is 3.30. The number of rotatable bonds is 11. The molecule has 7 heteroatoms. The number of halogens is 2. The molecule has 1 N–H and O–H groups in total. The highest BCUT2D eigenvalue weighted by atomic mass is 35.5. The van der Waals surface area contributed by atoms with Crippen molar-refractivity contribution >= 4 is 17.3 Å². The fourth-order valence-corrected chi connectivity index (χ4v) is 4.04. The van der Waals surface area contributed by atoms with Crippen LogP contribution in [0.3, 0.4) is 0 Å². The van der Waals surface area contributed by atoms with Crippen LogP contribution in [0.1, 0.15) is 23.1 Å². The highest BCUT2D eigenvalue weighted by molar-refractivity contribution is 6.30. The summed E-state index contributed by atoms with van der Waals surface area (Å²) in [6.07, 6.45) is -0.173. The molecule has 0 saturated heterocycles. The zero-order valence-corrected chi connectivity index (χ0v) is 19.6. The predicted octanol–water partition coefficient (Wildman–Crippen LogP) is 5.05. The van der Waals surface area contributed by atoms with Gasteiger partial charge in [0.1, 0.15) is 11.9 Å². The molecule has 0 amide bonds. The van der Waals surface area contributed by atoms with E-state index in [1.165, 1.54) is 12.1 Å². The highest BCUT2D eigenvalue weighted by Crippen LogP contribution is 2.20. The Morgan fingerprint density at radius 1 is 1.03 bits per heavy atom. The topological polar surface area (TPSA) is 54.3 Å². The first-order valence-electron chi connectivity index (χ1n) is 11.3. The summed E-state index contributed by atoms with van der Waals surface area (Å²) in [5.74, 6) is -0.273. The number of oxime groups is 1. The van der Waals surface area contributed by atoms with Crippen molar-refractivity contribution in [1.29, 1.82) is 0 Å². The van der Waals surface area contributed by atoms with E-state index in [2.05, 4.69) is 10.1 Å². The van der Waals surface area contributed by atoms with E-state index in [9.17, 15) is 9.50 Å². The highest BCUT2D eigenvalue weighted by Gasteiger charge is 2.26. The van der Waals surface area contributed by atoms with Crippen molar-refractivity contribution in [1.82, 2.24) is 4.90 Å². The average molecular weight is 483 g/mol. The fraction of sp³-hybridized carbons (Fsp3) is 0.296. The number of aliphatic hydroxyl groups is 1. The van der Waals surface area contributed by atoms with E-state index in [-0.39, 0.29) is 18.5 Å². The summed E-state index contributed by atoms with van der Waals surface area (Å²) in [7, 11) is 0. The maximum Gasteiger partial charge on any atom is 0.145 e. The van der Waals surface area contributed by atoms with Gasteiger partial charge in [-0.15, -0.1) is 0 Å². The van der Waals surface area contributed by atoms with E-state index in [1.807, 2.05) is 54.6 Å². The zero-order valence-electron chi connectivity index (χ0n) is 18.8. The Bertz CT molecular complexity index is 1060. The molecule has 3 aromatic carbocycles. The molecule has 3 aromatic rings. The summed E-state index contributed by atoms with van der Waals surface area (Å²) in [6, 6.07) is 23.8. The third kappa shape index (κ3) is 7.37. The zero-order chi connectivity index (χ0) is 23.8. The van der Waals surface area contributed by atoms with E-state index in [0.717, 1.165) is 22.4 Å². The maximum absolute atomic E-state index is 13.4. The standard InChI is InChI=1S/C27H28ClFN2O3/c28-23-10-8-22(9-11-23)27-14-26(34-30-27)17-31(15-20-6-12-24(29)13-7-20)16-25(32)19-33-18-21-4-2-1-3-5-21/h1-13,25-26,32H,14-19H2/t25-,26+/m1/s1. The summed E-state index contributed by atoms with van der Waals surface area (Å²) in [5, 5.41) is 15.6. The maximum atomic E-state index is 13.4. The van der Waals surface area contributed by atoms with E-state index in [0.29, 0.717) is 37.7 Å². The molecule has 0 aromatic heterocycles. The van der Waals surface area contributed by atoms with Gasteiger partial charge in [-0.25, -0.2) is 4.39 Å². The van der Waals surface area contributed by atoms with Crippen LogP contribution in [-0.2, 0) is 22.7 Å². The summed E-state index contributed by atoms with van der Waals surface area (Å²) >= 11 is 5.99. The summed E-state index contributed by atoms with van der Waals surface area (Å²) in [6.45, 7) is 2.16. The molecule has 1 heterocycles. The molecule has 178 valence electrons. The van der Waals surface area contributed by atoms with Gasteiger partial charge >= 0.3 is 0 Å². The van der Waals surface area contributed by atoms with Crippen molar-refractivity contribution in [2.75, 3.05) is 19.7 Å². The largest absolute Gasteiger partial charge is 0.390 e. The molecule has 0 unspecified atom stereocenters. The van der Waals surface area contributed by atoms with Gasteiger partial charge in [0.15, 0.2) is 0 Å². The van der Waals surface area contributed by atoms with Crippen molar-refractivity contribution in [2.45, 2.75) is 31.8 Å². The van der Waals surface area contributed by atoms with Gasteiger partial charge in [0, 0.05) is 31.1 Å². The third-order valence-corrected chi connectivity index (χ3v) is 5.83. The van der Waals surface area contributed by atoms with Crippen LogP contribution in [0.2, 0.25) is 5.02 Å². The number of hydrogen-bond acceptors (Lipinski definition) is 5. The van der Waals surface area contributed by atoms with Crippen molar-refractivity contribution in [3.63, 3.8) is 0 Å². The lowest BCUT2D eigenvalue weighted by Gasteiger charge is -2.27. The van der Waals surface area contributed by atoms with E-state index < -0.39 is 6.10 Å². The summed E-state index contributed by atoms with van der Waals surface area (Å²) in [5.41, 5.74) is 3.86. The van der Waals surface area contributed by atoms with Gasteiger partial charge < -0.3 is 14.7 Å². The van der Waals surface area contributed by atoms with Crippen LogP contribution in [0.5, 0.6) is 0 Å². The van der Waals surface area contributed by atoms with Gasteiger partial charge in [-0.3, -0.25) is 4.90 Å². The number of nitrogens with zero attached hydrogens (tertiary/aromatic N) is 2. The molecule has 34 heavy (non-hydrogen) atoms. The second-order valence-corrected chi connectivity index (χ2v) is 8.89. The van der Waals surface area contributed by atoms with E-state index in [1.54, 1.807) is 12.1 Å². The minimum Gasteiger partial charge on any atom is -0.390 e. The van der Waals surface area contributed by atoms with Crippen molar-refractivity contribution in [3.8, 4) is 0 Å². The second-order valence-electron chi connectivity index (χ2n) is 8.45. The molecule has 0 bridgehead atoms. The predicted molar refractivity (Wildman–Crippen MR) is 131 cm³/mol. The Labute approximate surface area is 204 Å². The lowest BCUT2D eigenvalue weighted by atomic mass is 10.0. The smallest absolute Gasteiger partial charge is 0.145 e. The Hall–Kier alpha value is -2.77. The van der Waals surface area contributed by atoms with Crippen molar-refractivity contribution in [3.05, 3.63) is 106 Å². The molecular weight excluding hydrogens is 455 g/mol. The number of aliphatic hydroxyl groups excluding tert-OH is 1. The van der Waals surface area contributed by atoms with Crippen LogP contribution in [0.4, 0.5) is 4.39 Å². The molecule has 1 aliphatic heterocycles. The quantitative estimate of drug-likeness (QED) is 0.415. The van der Waals surface area contributed by atoms with Crippen LogP contribution in [-0.4, -0.2) is 47.6 Å². The van der Waals surface area contributed by atoms with Gasteiger partial charge in [-0.1, -0.05) is 71.4 Å². The Kier molecular flexibility index (Phi) is 8.66. The van der Waals surface area contributed by atoms with Crippen LogP contribution in [0.25, 0.3) is 0 Å². The van der Waals surface area contributed by atoms with Crippen LogP contribution < -0.4 is 0 Å². The molecule has 0 fully saturated rings. The fourth-order valence-electron chi connectivity index (χ4n) is 3.92. The van der Waals surface area contributed by atoms with Crippen LogP contribution >= 0.6 is 11.6 Å². The molecule has 1 aliphatic rings. The first-order valence-corrected chi connectivity index (χ1v) is 11.7. The Morgan fingerprint density at radius 3 is 2.50 bits per heavy atom. The summed E-state index contributed by atoms with van der Waals surface area (Å²) < 4.78 is 19.1. The van der Waals surface area contributed by atoms with E-state index in [4.69, 9.17) is 21.2 Å². The molecule has 0 aliphatic carbocycles. The lowest BCUT2D eigenvalue weighted by molar-refractivity contribution is -0.00649. The van der Waals surface area contributed by atoms with Gasteiger partial charge in [0.05, 0.1) is 25.0 Å². The summed E-state index contributed by atoms with van der Waals surface area (Å²) in [4.78, 5) is 7.79. The molecule has 0 radical (unpaired) electrons. The first-order chi connectivity index (χ1) is 16.5. The third-order valence-electron chi connectivity index (χ3n) is 5.58. The molecule has 5 nitrogen and oxygen atoms in total. The molecular formula is C27H28ClFN2O3. The molecule has 2 atom stereocenters. The number of benzene rings is 3. The SMILES string of the molecule is O[C@@H](COCc1ccccc1)CN(Cc1ccc(F)cc1)C[C@@H]1CC(c2ccc(Cl)cc2)=NO1. The van der Waals surface area contributed by atoms with Gasteiger partial charge in [-0.05, 0) is 41.0 Å². The van der Waals surface area contributed by atoms with Crippen molar-refractivity contribution in [2.24, 2.45) is 5.16 Å². The minimum atomic E-state index is -0.679. The van der Waals surface area contributed by atoms with E-state index >= 15 is 0 Å². The lowest BCUT2D eigenvalue weighted by Crippen LogP contribution is -2.39. The van der Waals surface area contributed by atoms with Gasteiger partial charge in [-0.2, -0.15) is 0 Å². The minimum absolute atomic E-state index is 0.149. The monoisotopic (exact) mass is 482 g/mol. The molecule has 0 saturated carbocycles. The van der Waals surface area contributed by atoms with Gasteiger partial charge in [0.25, 0.3) is 0 Å². The van der Waals surface area contributed by atoms with Gasteiger partial charge in [0.2, 0.25) is 0 Å². The van der Waals surface area contributed by atoms with Crippen molar-refractivity contribution < 1.29 is 19.1 Å². The normalized spacial score (nSPS) is 16.4. The molecule has 4 rings (SSSR count). The van der Waals surface area contributed by atoms with Crippen LogP contribution in [0.15, 0.2) is 84.0 Å². The van der Waals surface area contributed by atoms with Crippen LogP contribution in [0, 0.1) is 5.82 Å². The Morgan fingerprint density at radius 2 is 1.76 bits per heavy atom. The first kappa shape index (κ1) is 24.4. The molecule has 0 spiro atoms. The number of ether oxygens (including phenoxy) is 1.